The van der Waals surface area contributed by atoms with Crippen LogP contribution in [0.1, 0.15) is 42.3 Å². The highest BCUT2D eigenvalue weighted by Gasteiger charge is 2.24. The molecule has 0 aliphatic rings. The molecule has 4 rings (SSSR count). The molecule has 2 atom stereocenters. The Kier molecular flexibility index (Phi) is 7.43. The summed E-state index contributed by atoms with van der Waals surface area (Å²) in [5.74, 6) is -0.0267. The van der Waals surface area contributed by atoms with Gasteiger partial charge in [0.1, 0.15) is 6.10 Å². The molecule has 1 heterocycles. The number of nitrogens with one attached hydrogen (secondary N) is 1. The number of fused-ring (bicyclic) bond motifs is 1. The Morgan fingerprint density at radius 3 is 2.27 bits per heavy atom. The molecular formula is C28H28N2O2S. The first-order valence-electron chi connectivity index (χ1n) is 11.2. The maximum Gasteiger partial charge on any atom is 0.276 e. The second kappa shape index (κ2) is 10.6. The van der Waals surface area contributed by atoms with E-state index in [1.54, 1.807) is 0 Å². The highest BCUT2D eigenvalue weighted by atomic mass is 32.2. The number of carbonyl (C=O) groups is 1. The van der Waals surface area contributed by atoms with E-state index in [0.29, 0.717) is 5.56 Å². The van der Waals surface area contributed by atoms with Crippen molar-refractivity contribution >= 4 is 28.6 Å². The number of hydroxylamine groups is 1. The van der Waals surface area contributed by atoms with Gasteiger partial charge in [-0.25, -0.2) is 10.5 Å². The number of para-hydroxylation sites is 1. The third kappa shape index (κ3) is 4.95. The average molecular weight is 457 g/mol. The number of rotatable bonds is 8. The molecule has 33 heavy (non-hydrogen) atoms. The molecule has 168 valence electrons. The standard InChI is InChI=1S/C28H28N2O2S/c1-4-19(2)26(21-15-9-6-10-16-21)32-30-28(31)24-22-17-11-12-18-23(22)29-25(27(24)33-3)20-13-7-5-8-14-20/h5-19,26H,4H2,1-3H3,(H,30,31). The Morgan fingerprint density at radius 1 is 0.970 bits per heavy atom. The van der Waals surface area contributed by atoms with E-state index in [1.807, 2.05) is 91.2 Å². The van der Waals surface area contributed by atoms with Gasteiger partial charge in [0.15, 0.2) is 0 Å². The fourth-order valence-corrected chi connectivity index (χ4v) is 4.71. The first-order valence-corrected chi connectivity index (χ1v) is 12.4. The molecule has 0 aliphatic heterocycles. The monoisotopic (exact) mass is 456 g/mol. The first kappa shape index (κ1) is 23.0. The van der Waals surface area contributed by atoms with Gasteiger partial charge in [-0.3, -0.25) is 9.63 Å². The van der Waals surface area contributed by atoms with Crippen LogP contribution in [0.2, 0.25) is 0 Å². The minimum atomic E-state index is -0.264. The smallest absolute Gasteiger partial charge is 0.267 e. The van der Waals surface area contributed by atoms with Gasteiger partial charge >= 0.3 is 0 Å². The Hall–Kier alpha value is -3.15. The highest BCUT2D eigenvalue weighted by molar-refractivity contribution is 7.98. The van der Waals surface area contributed by atoms with Crippen LogP contribution in [0.4, 0.5) is 0 Å². The lowest BCUT2D eigenvalue weighted by Gasteiger charge is -2.24. The Labute approximate surface area is 199 Å². The number of aromatic nitrogens is 1. The van der Waals surface area contributed by atoms with Crippen LogP contribution in [-0.2, 0) is 4.84 Å². The van der Waals surface area contributed by atoms with Gasteiger partial charge in [0.25, 0.3) is 5.91 Å². The predicted octanol–water partition coefficient (Wildman–Crippen LogP) is 7.07. The van der Waals surface area contributed by atoms with Gasteiger partial charge in [0, 0.05) is 15.8 Å². The summed E-state index contributed by atoms with van der Waals surface area (Å²) in [6.07, 6.45) is 2.67. The van der Waals surface area contributed by atoms with E-state index < -0.39 is 0 Å². The van der Waals surface area contributed by atoms with E-state index in [0.717, 1.165) is 39.0 Å². The molecule has 2 unspecified atom stereocenters. The van der Waals surface area contributed by atoms with Gasteiger partial charge in [-0.15, -0.1) is 11.8 Å². The number of pyridine rings is 1. The van der Waals surface area contributed by atoms with Gasteiger partial charge < -0.3 is 0 Å². The Morgan fingerprint density at radius 2 is 1.61 bits per heavy atom. The van der Waals surface area contributed by atoms with Crippen LogP contribution in [0.3, 0.4) is 0 Å². The normalized spacial score (nSPS) is 12.9. The predicted molar refractivity (Wildman–Crippen MR) is 136 cm³/mol. The molecule has 0 saturated heterocycles. The minimum Gasteiger partial charge on any atom is -0.267 e. The van der Waals surface area contributed by atoms with Crippen molar-refractivity contribution in [2.75, 3.05) is 6.26 Å². The molecule has 4 aromatic rings. The van der Waals surface area contributed by atoms with E-state index >= 15 is 0 Å². The van der Waals surface area contributed by atoms with Crippen LogP contribution in [0.5, 0.6) is 0 Å². The number of carbonyl (C=O) groups excluding carboxylic acids is 1. The van der Waals surface area contributed by atoms with E-state index in [9.17, 15) is 4.79 Å². The van der Waals surface area contributed by atoms with Crippen LogP contribution in [-0.4, -0.2) is 17.1 Å². The quantitative estimate of drug-likeness (QED) is 0.227. The van der Waals surface area contributed by atoms with Crippen molar-refractivity contribution in [3.05, 3.63) is 96.1 Å². The van der Waals surface area contributed by atoms with Crippen LogP contribution in [0, 0.1) is 5.92 Å². The molecule has 0 bridgehead atoms. The molecule has 4 nitrogen and oxygen atoms in total. The van der Waals surface area contributed by atoms with Crippen molar-refractivity contribution in [1.29, 1.82) is 0 Å². The lowest BCUT2D eigenvalue weighted by Crippen LogP contribution is -2.29. The van der Waals surface area contributed by atoms with Gasteiger partial charge in [-0.2, -0.15) is 0 Å². The SMILES string of the molecule is CCC(C)C(ONC(=O)c1c(SC)c(-c2ccccc2)nc2ccccc12)c1ccccc1. The maximum atomic E-state index is 13.6. The van der Waals surface area contributed by atoms with Crippen molar-refractivity contribution < 1.29 is 9.63 Å². The minimum absolute atomic E-state index is 0.237. The van der Waals surface area contributed by atoms with Gasteiger partial charge in [0.2, 0.25) is 0 Å². The van der Waals surface area contributed by atoms with Gasteiger partial charge in [-0.1, -0.05) is 99.1 Å². The Bertz CT molecular complexity index is 1230. The number of thioether (sulfide) groups is 1. The first-order chi connectivity index (χ1) is 16.1. The average Bonchev–Trinajstić information content (AvgIpc) is 2.88. The summed E-state index contributed by atoms with van der Waals surface area (Å²) in [4.78, 5) is 25.4. The molecule has 0 radical (unpaired) electrons. The number of nitrogens with zero attached hydrogens (tertiary/aromatic N) is 1. The summed E-state index contributed by atoms with van der Waals surface area (Å²) in [5.41, 5.74) is 6.96. The number of hydrogen-bond acceptors (Lipinski definition) is 4. The summed E-state index contributed by atoms with van der Waals surface area (Å²) in [6, 6.07) is 27.8. The number of benzene rings is 3. The Balaban J connectivity index is 1.74. The highest BCUT2D eigenvalue weighted by Crippen LogP contribution is 2.36. The zero-order valence-electron chi connectivity index (χ0n) is 19.1. The molecule has 0 saturated carbocycles. The van der Waals surface area contributed by atoms with Gasteiger partial charge in [-0.05, 0) is 23.8 Å². The number of amides is 1. The fraction of sp³-hybridized carbons (Fsp3) is 0.214. The van der Waals surface area contributed by atoms with Crippen molar-refractivity contribution in [2.24, 2.45) is 5.92 Å². The topological polar surface area (TPSA) is 51.2 Å². The summed E-state index contributed by atoms with van der Waals surface area (Å²) < 4.78 is 0. The molecular weight excluding hydrogens is 428 g/mol. The zero-order valence-corrected chi connectivity index (χ0v) is 19.9. The van der Waals surface area contributed by atoms with E-state index in [2.05, 4.69) is 19.3 Å². The van der Waals surface area contributed by atoms with E-state index in [4.69, 9.17) is 9.82 Å². The van der Waals surface area contributed by atoms with Crippen LogP contribution < -0.4 is 5.48 Å². The van der Waals surface area contributed by atoms with Crippen molar-refractivity contribution in [1.82, 2.24) is 10.5 Å². The summed E-state index contributed by atoms with van der Waals surface area (Å²) in [7, 11) is 0. The van der Waals surface area contributed by atoms with Crippen LogP contribution >= 0.6 is 11.8 Å². The molecule has 3 aromatic carbocycles. The molecule has 1 aromatic heterocycles. The molecule has 0 spiro atoms. The zero-order chi connectivity index (χ0) is 23.2. The van der Waals surface area contributed by atoms with Crippen LogP contribution in [0.25, 0.3) is 22.2 Å². The maximum absolute atomic E-state index is 13.6. The third-order valence-corrected chi connectivity index (χ3v) is 6.70. The molecule has 5 heteroatoms. The molecule has 1 amide bonds. The van der Waals surface area contributed by atoms with E-state index in [1.165, 1.54) is 11.8 Å². The summed E-state index contributed by atoms with van der Waals surface area (Å²) >= 11 is 1.52. The van der Waals surface area contributed by atoms with Crippen molar-refractivity contribution in [3.8, 4) is 11.3 Å². The molecule has 1 N–H and O–H groups in total. The second-order valence-corrected chi connectivity index (χ2v) is 8.83. The van der Waals surface area contributed by atoms with E-state index in [-0.39, 0.29) is 17.9 Å². The summed E-state index contributed by atoms with van der Waals surface area (Å²) in [5, 5.41) is 0.808. The third-order valence-electron chi connectivity index (χ3n) is 5.89. The molecule has 0 aliphatic carbocycles. The second-order valence-electron chi connectivity index (χ2n) is 8.02. The number of hydrogen-bond donors (Lipinski definition) is 1. The van der Waals surface area contributed by atoms with Crippen LogP contribution in [0.15, 0.2) is 89.8 Å². The van der Waals surface area contributed by atoms with Crippen molar-refractivity contribution in [2.45, 2.75) is 31.3 Å². The van der Waals surface area contributed by atoms with Gasteiger partial charge in [0.05, 0.1) is 16.8 Å². The summed E-state index contributed by atoms with van der Waals surface area (Å²) in [6.45, 7) is 4.26. The lowest BCUT2D eigenvalue weighted by atomic mass is 9.95. The molecule has 0 fully saturated rings. The fourth-order valence-electron chi connectivity index (χ4n) is 3.95. The van der Waals surface area contributed by atoms with Crippen molar-refractivity contribution in [3.63, 3.8) is 0 Å². The largest absolute Gasteiger partial charge is 0.276 e. The lowest BCUT2D eigenvalue weighted by molar-refractivity contribution is -0.0428.